The fourth-order valence-corrected chi connectivity index (χ4v) is 2.29. The molecule has 0 unspecified atom stereocenters. The molecule has 6 heteroatoms. The number of amides is 1. The Morgan fingerprint density at radius 1 is 1.12 bits per heavy atom. The van der Waals surface area contributed by atoms with Crippen LogP contribution in [-0.2, 0) is 0 Å². The number of aromatic nitrogens is 2. The molecule has 0 saturated heterocycles. The SMILES string of the molecule is CC(=NNC(=O)c1cc(-c2ccc(C)cc2)n[nH]1)c1ccc(N)cc1. The lowest BCUT2D eigenvalue weighted by Gasteiger charge is -2.02. The lowest BCUT2D eigenvalue weighted by atomic mass is 10.1. The van der Waals surface area contributed by atoms with Crippen molar-refractivity contribution < 1.29 is 4.79 Å². The molecule has 2 aromatic carbocycles. The van der Waals surface area contributed by atoms with Crippen LogP contribution in [0.2, 0.25) is 0 Å². The van der Waals surface area contributed by atoms with Gasteiger partial charge in [-0.25, -0.2) is 5.43 Å². The van der Waals surface area contributed by atoms with Gasteiger partial charge in [-0.2, -0.15) is 10.2 Å². The van der Waals surface area contributed by atoms with Gasteiger partial charge in [0.1, 0.15) is 5.69 Å². The molecule has 0 fully saturated rings. The summed E-state index contributed by atoms with van der Waals surface area (Å²) in [5.74, 6) is -0.347. The number of nitrogens with zero attached hydrogens (tertiary/aromatic N) is 2. The Morgan fingerprint density at radius 2 is 1.80 bits per heavy atom. The molecular formula is C19H19N5O. The van der Waals surface area contributed by atoms with Crippen molar-refractivity contribution in [3.05, 3.63) is 71.4 Å². The van der Waals surface area contributed by atoms with Gasteiger partial charge in [-0.05, 0) is 37.6 Å². The number of carbonyl (C=O) groups excluding carboxylic acids is 1. The highest BCUT2D eigenvalue weighted by molar-refractivity contribution is 6.00. The van der Waals surface area contributed by atoms with E-state index >= 15 is 0 Å². The van der Waals surface area contributed by atoms with Crippen LogP contribution >= 0.6 is 0 Å². The normalized spacial score (nSPS) is 11.4. The number of carbonyl (C=O) groups is 1. The van der Waals surface area contributed by atoms with Crippen LogP contribution in [0.4, 0.5) is 5.69 Å². The average Bonchev–Trinajstić information content (AvgIpc) is 3.11. The molecule has 0 radical (unpaired) electrons. The monoisotopic (exact) mass is 333 g/mol. The van der Waals surface area contributed by atoms with Gasteiger partial charge < -0.3 is 5.73 Å². The number of nitrogen functional groups attached to an aromatic ring is 1. The predicted molar refractivity (Wildman–Crippen MR) is 99.3 cm³/mol. The van der Waals surface area contributed by atoms with E-state index in [1.54, 1.807) is 18.2 Å². The van der Waals surface area contributed by atoms with Crippen molar-refractivity contribution >= 4 is 17.3 Å². The first-order valence-electron chi connectivity index (χ1n) is 7.86. The number of rotatable bonds is 4. The molecule has 0 bridgehead atoms. The van der Waals surface area contributed by atoms with Crippen LogP contribution in [-0.4, -0.2) is 21.8 Å². The third-order valence-electron chi connectivity index (χ3n) is 3.82. The Labute approximate surface area is 145 Å². The fraction of sp³-hybridized carbons (Fsp3) is 0.105. The van der Waals surface area contributed by atoms with Gasteiger partial charge in [-0.1, -0.05) is 42.0 Å². The maximum absolute atomic E-state index is 12.2. The minimum absolute atomic E-state index is 0.347. The van der Waals surface area contributed by atoms with E-state index in [0.717, 1.165) is 11.1 Å². The number of hydrogen-bond donors (Lipinski definition) is 3. The van der Waals surface area contributed by atoms with E-state index in [1.807, 2.05) is 50.2 Å². The summed E-state index contributed by atoms with van der Waals surface area (Å²) in [6.07, 6.45) is 0. The van der Waals surface area contributed by atoms with Gasteiger partial charge >= 0.3 is 0 Å². The number of H-pyrrole nitrogens is 1. The van der Waals surface area contributed by atoms with Crippen LogP contribution in [0.15, 0.2) is 59.7 Å². The van der Waals surface area contributed by atoms with Crippen LogP contribution in [0.5, 0.6) is 0 Å². The second-order valence-corrected chi connectivity index (χ2v) is 5.79. The summed E-state index contributed by atoms with van der Waals surface area (Å²) in [6.45, 7) is 3.84. The first-order valence-corrected chi connectivity index (χ1v) is 7.86. The third kappa shape index (κ3) is 3.92. The summed E-state index contributed by atoms with van der Waals surface area (Å²) in [7, 11) is 0. The summed E-state index contributed by atoms with van der Waals surface area (Å²) in [5.41, 5.74) is 13.6. The van der Waals surface area contributed by atoms with Crippen molar-refractivity contribution in [3.63, 3.8) is 0 Å². The fourth-order valence-electron chi connectivity index (χ4n) is 2.29. The molecule has 3 aromatic rings. The number of aromatic amines is 1. The quantitative estimate of drug-likeness (QED) is 0.389. The standard InChI is InChI=1S/C19H19N5O/c1-12-3-5-15(6-4-12)17-11-18(23-22-17)19(25)24-21-13(2)14-7-9-16(20)10-8-14/h3-11H,20H2,1-2H3,(H,22,23)(H,24,25). The maximum atomic E-state index is 12.2. The maximum Gasteiger partial charge on any atom is 0.289 e. The molecule has 126 valence electrons. The molecular weight excluding hydrogens is 314 g/mol. The van der Waals surface area contributed by atoms with Crippen molar-refractivity contribution in [2.75, 3.05) is 5.73 Å². The number of nitrogens with one attached hydrogen (secondary N) is 2. The molecule has 3 rings (SSSR count). The zero-order valence-corrected chi connectivity index (χ0v) is 14.1. The predicted octanol–water partition coefficient (Wildman–Crippen LogP) is 3.12. The van der Waals surface area contributed by atoms with Crippen LogP contribution < -0.4 is 11.2 Å². The number of hydrazone groups is 1. The van der Waals surface area contributed by atoms with Crippen LogP contribution in [0.1, 0.15) is 28.5 Å². The van der Waals surface area contributed by atoms with Gasteiger partial charge in [0, 0.05) is 11.3 Å². The molecule has 0 aliphatic carbocycles. The van der Waals surface area contributed by atoms with Crippen LogP contribution in [0.3, 0.4) is 0 Å². The average molecular weight is 333 g/mol. The minimum Gasteiger partial charge on any atom is -0.399 e. The lowest BCUT2D eigenvalue weighted by molar-refractivity contribution is 0.0950. The Kier molecular flexibility index (Phi) is 4.61. The molecule has 6 nitrogen and oxygen atoms in total. The van der Waals surface area contributed by atoms with Crippen molar-refractivity contribution in [2.45, 2.75) is 13.8 Å². The van der Waals surface area contributed by atoms with Gasteiger partial charge in [-0.15, -0.1) is 0 Å². The molecule has 1 heterocycles. The third-order valence-corrected chi connectivity index (χ3v) is 3.82. The lowest BCUT2D eigenvalue weighted by Crippen LogP contribution is -2.19. The molecule has 0 aliphatic rings. The first-order chi connectivity index (χ1) is 12.0. The summed E-state index contributed by atoms with van der Waals surface area (Å²) in [5, 5.41) is 11.0. The van der Waals surface area contributed by atoms with Gasteiger partial charge in [0.2, 0.25) is 0 Å². The Bertz CT molecular complexity index is 908. The summed E-state index contributed by atoms with van der Waals surface area (Å²) in [6, 6.07) is 16.9. The molecule has 0 aliphatic heterocycles. The van der Waals surface area contributed by atoms with Crippen molar-refractivity contribution in [1.29, 1.82) is 0 Å². The Morgan fingerprint density at radius 3 is 2.48 bits per heavy atom. The van der Waals surface area contributed by atoms with Gasteiger partial charge in [0.25, 0.3) is 5.91 Å². The highest BCUT2D eigenvalue weighted by atomic mass is 16.2. The van der Waals surface area contributed by atoms with E-state index in [1.165, 1.54) is 5.56 Å². The number of nitrogens with two attached hydrogens (primary N) is 1. The first kappa shape index (κ1) is 16.4. The molecule has 1 aromatic heterocycles. The number of benzene rings is 2. The molecule has 4 N–H and O–H groups in total. The van der Waals surface area contributed by atoms with Gasteiger partial charge in [-0.3, -0.25) is 9.89 Å². The molecule has 0 saturated carbocycles. The summed E-state index contributed by atoms with van der Waals surface area (Å²) >= 11 is 0. The Hall–Kier alpha value is -3.41. The van der Waals surface area contributed by atoms with E-state index in [0.29, 0.717) is 22.8 Å². The van der Waals surface area contributed by atoms with Crippen LogP contribution in [0, 0.1) is 6.92 Å². The molecule has 25 heavy (non-hydrogen) atoms. The second kappa shape index (κ2) is 7.00. The largest absolute Gasteiger partial charge is 0.399 e. The Balaban J connectivity index is 1.70. The number of hydrogen-bond acceptors (Lipinski definition) is 4. The summed E-state index contributed by atoms with van der Waals surface area (Å²) < 4.78 is 0. The molecule has 0 atom stereocenters. The summed E-state index contributed by atoms with van der Waals surface area (Å²) in [4.78, 5) is 12.2. The minimum atomic E-state index is -0.347. The second-order valence-electron chi connectivity index (χ2n) is 5.79. The molecule has 1 amide bonds. The smallest absolute Gasteiger partial charge is 0.289 e. The van der Waals surface area contributed by atoms with Crippen molar-refractivity contribution in [2.24, 2.45) is 5.10 Å². The van der Waals surface area contributed by atoms with E-state index in [-0.39, 0.29) is 5.91 Å². The highest BCUT2D eigenvalue weighted by Gasteiger charge is 2.10. The van der Waals surface area contributed by atoms with Gasteiger partial charge in [0.05, 0.1) is 11.4 Å². The van der Waals surface area contributed by atoms with Gasteiger partial charge in [0.15, 0.2) is 0 Å². The van der Waals surface area contributed by atoms with E-state index in [2.05, 4.69) is 20.7 Å². The number of aryl methyl sites for hydroxylation is 1. The van der Waals surface area contributed by atoms with E-state index in [9.17, 15) is 4.79 Å². The zero-order valence-electron chi connectivity index (χ0n) is 14.1. The molecule has 0 spiro atoms. The topological polar surface area (TPSA) is 96.2 Å². The van der Waals surface area contributed by atoms with E-state index < -0.39 is 0 Å². The van der Waals surface area contributed by atoms with E-state index in [4.69, 9.17) is 5.73 Å². The van der Waals surface area contributed by atoms with Crippen molar-refractivity contribution in [3.8, 4) is 11.3 Å². The zero-order chi connectivity index (χ0) is 17.8. The van der Waals surface area contributed by atoms with Crippen LogP contribution in [0.25, 0.3) is 11.3 Å². The van der Waals surface area contributed by atoms with Crippen molar-refractivity contribution in [1.82, 2.24) is 15.6 Å². The number of anilines is 1. The highest BCUT2D eigenvalue weighted by Crippen LogP contribution is 2.18.